The molecule has 34 heavy (non-hydrogen) atoms. The van der Waals surface area contributed by atoms with E-state index >= 15 is 0 Å². The fourth-order valence-electron chi connectivity index (χ4n) is 3.96. The minimum atomic E-state index is -0.205. The van der Waals surface area contributed by atoms with Gasteiger partial charge in [0, 0.05) is 6.20 Å². The summed E-state index contributed by atoms with van der Waals surface area (Å²) in [6, 6.07) is 21.2. The van der Waals surface area contributed by atoms with E-state index in [4.69, 9.17) is 14.5 Å². The van der Waals surface area contributed by atoms with Crippen LogP contribution in [0, 0.1) is 6.92 Å². The lowest BCUT2D eigenvalue weighted by Gasteiger charge is -2.21. The molecule has 3 aromatic carbocycles. The second-order valence-corrected chi connectivity index (χ2v) is 8.85. The van der Waals surface area contributed by atoms with Crippen LogP contribution in [0.15, 0.2) is 72.9 Å². The molecule has 0 aliphatic carbocycles. The summed E-state index contributed by atoms with van der Waals surface area (Å²) >= 11 is 1.47. The zero-order valence-corrected chi connectivity index (χ0v) is 19.9. The lowest BCUT2D eigenvalue weighted by molar-refractivity contribution is 0.0982. The van der Waals surface area contributed by atoms with Gasteiger partial charge in [-0.2, -0.15) is 0 Å². The van der Waals surface area contributed by atoms with Crippen LogP contribution in [0.25, 0.3) is 21.0 Å². The molecule has 2 heterocycles. The molecule has 5 rings (SSSR count). The fraction of sp³-hybridized carbons (Fsp3) is 0.148. The van der Waals surface area contributed by atoms with Crippen LogP contribution in [0.4, 0.5) is 5.13 Å². The predicted octanol–water partition coefficient (Wildman–Crippen LogP) is 6.02. The number of hydrogen-bond acceptors (Lipinski definition) is 6. The fourth-order valence-corrected chi connectivity index (χ4v) is 5.01. The molecular formula is C27H23N3O3S. The van der Waals surface area contributed by atoms with Crippen molar-refractivity contribution in [2.45, 2.75) is 13.5 Å². The number of thiazole rings is 1. The van der Waals surface area contributed by atoms with Crippen molar-refractivity contribution in [1.82, 2.24) is 9.97 Å². The first-order chi connectivity index (χ1) is 16.6. The molecule has 0 radical (unpaired) electrons. The molecule has 1 amide bonds. The summed E-state index contributed by atoms with van der Waals surface area (Å²) in [7, 11) is 3.20. The number of methoxy groups -OCH3 is 2. The van der Waals surface area contributed by atoms with E-state index in [1.807, 2.05) is 73.7 Å². The van der Waals surface area contributed by atoms with Gasteiger partial charge in [-0.15, -0.1) is 0 Å². The Balaban J connectivity index is 1.67. The van der Waals surface area contributed by atoms with Gasteiger partial charge in [0.2, 0.25) is 0 Å². The monoisotopic (exact) mass is 469 g/mol. The van der Waals surface area contributed by atoms with Crippen molar-refractivity contribution >= 4 is 43.4 Å². The van der Waals surface area contributed by atoms with Gasteiger partial charge in [0.05, 0.1) is 36.7 Å². The van der Waals surface area contributed by atoms with E-state index < -0.39 is 0 Å². The molecule has 5 aromatic rings. The summed E-state index contributed by atoms with van der Waals surface area (Å²) in [5.41, 5.74) is 3.05. The summed E-state index contributed by atoms with van der Waals surface area (Å²) in [6.45, 7) is 2.30. The molecule has 0 aliphatic heterocycles. The molecular weight excluding hydrogens is 446 g/mol. The van der Waals surface area contributed by atoms with Gasteiger partial charge in [-0.3, -0.25) is 14.7 Å². The van der Waals surface area contributed by atoms with E-state index in [2.05, 4.69) is 4.98 Å². The number of nitrogens with zero attached hydrogens (tertiary/aromatic N) is 3. The van der Waals surface area contributed by atoms with Gasteiger partial charge in [0.25, 0.3) is 5.91 Å². The van der Waals surface area contributed by atoms with Crippen LogP contribution in [0.3, 0.4) is 0 Å². The molecule has 0 N–H and O–H groups in total. The van der Waals surface area contributed by atoms with Gasteiger partial charge in [-0.1, -0.05) is 47.7 Å². The Bertz CT molecular complexity index is 1500. The van der Waals surface area contributed by atoms with Gasteiger partial charge in [-0.05, 0) is 53.6 Å². The Morgan fingerprint density at radius 3 is 2.38 bits per heavy atom. The SMILES string of the molecule is COc1cc2ccccc2cc1C(=O)N(Cc1ccccn1)c1nc2c(OC)ccc(C)c2s1. The number of rotatable bonds is 6. The van der Waals surface area contributed by atoms with Crippen molar-refractivity contribution in [2.75, 3.05) is 19.1 Å². The van der Waals surface area contributed by atoms with Gasteiger partial charge in [0.15, 0.2) is 5.13 Å². The topological polar surface area (TPSA) is 64.5 Å². The normalized spacial score (nSPS) is 11.0. The molecule has 0 unspecified atom stereocenters. The number of benzene rings is 3. The minimum absolute atomic E-state index is 0.205. The molecule has 0 spiro atoms. The van der Waals surface area contributed by atoms with Crippen LogP contribution in [0.2, 0.25) is 0 Å². The molecule has 7 heteroatoms. The number of pyridine rings is 1. The molecule has 0 saturated heterocycles. The second-order valence-electron chi connectivity index (χ2n) is 7.87. The third kappa shape index (κ3) is 3.95. The summed E-state index contributed by atoms with van der Waals surface area (Å²) in [4.78, 5) is 25.0. The Labute approximate surface area is 201 Å². The van der Waals surface area contributed by atoms with Crippen molar-refractivity contribution in [3.8, 4) is 11.5 Å². The smallest absolute Gasteiger partial charge is 0.264 e. The van der Waals surface area contributed by atoms with Crippen LogP contribution in [0.1, 0.15) is 21.6 Å². The molecule has 0 saturated carbocycles. The van der Waals surface area contributed by atoms with E-state index in [0.717, 1.165) is 32.2 Å². The maximum absolute atomic E-state index is 14.0. The quantitative estimate of drug-likeness (QED) is 0.304. The summed E-state index contributed by atoms with van der Waals surface area (Å²) in [6.07, 6.45) is 1.72. The average Bonchev–Trinajstić information content (AvgIpc) is 3.33. The lowest BCUT2D eigenvalue weighted by Crippen LogP contribution is -2.31. The highest BCUT2D eigenvalue weighted by Gasteiger charge is 2.26. The van der Waals surface area contributed by atoms with Crippen LogP contribution in [0.5, 0.6) is 11.5 Å². The number of aryl methyl sites for hydroxylation is 1. The maximum atomic E-state index is 14.0. The largest absolute Gasteiger partial charge is 0.496 e. The van der Waals surface area contributed by atoms with Crippen LogP contribution in [-0.4, -0.2) is 30.1 Å². The third-order valence-electron chi connectivity index (χ3n) is 5.73. The first-order valence-electron chi connectivity index (χ1n) is 10.8. The van der Waals surface area contributed by atoms with E-state index in [1.54, 1.807) is 25.3 Å². The van der Waals surface area contributed by atoms with Gasteiger partial charge >= 0.3 is 0 Å². The number of aromatic nitrogens is 2. The number of carbonyl (C=O) groups is 1. The van der Waals surface area contributed by atoms with E-state index in [0.29, 0.717) is 22.2 Å². The molecule has 0 fully saturated rings. The first kappa shape index (κ1) is 21.9. The Morgan fingerprint density at radius 2 is 1.68 bits per heavy atom. The number of fused-ring (bicyclic) bond motifs is 2. The second kappa shape index (κ2) is 9.11. The van der Waals surface area contributed by atoms with Crippen molar-refractivity contribution < 1.29 is 14.3 Å². The molecule has 0 aliphatic rings. The Kier molecular flexibility index (Phi) is 5.86. The predicted molar refractivity (Wildman–Crippen MR) is 136 cm³/mol. The third-order valence-corrected chi connectivity index (χ3v) is 6.95. The van der Waals surface area contributed by atoms with E-state index in [9.17, 15) is 4.79 Å². The molecule has 0 bridgehead atoms. The number of carbonyl (C=O) groups excluding carboxylic acids is 1. The summed E-state index contributed by atoms with van der Waals surface area (Å²) < 4.78 is 12.1. The molecule has 6 nitrogen and oxygen atoms in total. The molecule has 2 aromatic heterocycles. The van der Waals surface area contributed by atoms with E-state index in [1.165, 1.54) is 11.3 Å². The highest BCUT2D eigenvalue weighted by molar-refractivity contribution is 7.22. The standard InChI is InChI=1S/C27H23N3O3S/c1-17-11-12-22(32-2)24-25(17)34-27(29-24)30(16-20-10-6-7-13-28-20)26(31)21-14-18-8-4-5-9-19(18)15-23(21)33-3/h4-15H,16H2,1-3H3. The van der Waals surface area contributed by atoms with Crippen molar-refractivity contribution in [1.29, 1.82) is 0 Å². The zero-order valence-electron chi connectivity index (χ0n) is 19.1. The van der Waals surface area contributed by atoms with E-state index in [-0.39, 0.29) is 12.5 Å². The van der Waals surface area contributed by atoms with Crippen LogP contribution in [-0.2, 0) is 6.54 Å². The number of ether oxygens (including phenoxy) is 2. The first-order valence-corrected chi connectivity index (χ1v) is 11.6. The number of anilines is 1. The van der Waals surface area contributed by atoms with Crippen LogP contribution < -0.4 is 14.4 Å². The van der Waals surface area contributed by atoms with Crippen molar-refractivity contribution in [3.63, 3.8) is 0 Å². The molecule has 170 valence electrons. The van der Waals surface area contributed by atoms with Gasteiger partial charge in [-0.25, -0.2) is 4.98 Å². The minimum Gasteiger partial charge on any atom is -0.496 e. The van der Waals surface area contributed by atoms with Gasteiger partial charge in [0.1, 0.15) is 17.0 Å². The average molecular weight is 470 g/mol. The van der Waals surface area contributed by atoms with Crippen molar-refractivity contribution in [3.05, 3.63) is 89.7 Å². The van der Waals surface area contributed by atoms with Gasteiger partial charge < -0.3 is 9.47 Å². The highest BCUT2D eigenvalue weighted by atomic mass is 32.1. The molecule has 0 atom stereocenters. The number of hydrogen-bond donors (Lipinski definition) is 0. The lowest BCUT2D eigenvalue weighted by atomic mass is 10.0. The Hall–Kier alpha value is -3.97. The summed E-state index contributed by atoms with van der Waals surface area (Å²) in [5.74, 6) is 0.991. The number of amides is 1. The maximum Gasteiger partial charge on any atom is 0.264 e. The van der Waals surface area contributed by atoms with Crippen molar-refractivity contribution in [2.24, 2.45) is 0 Å². The highest BCUT2D eigenvalue weighted by Crippen LogP contribution is 2.38. The Morgan fingerprint density at radius 1 is 0.941 bits per heavy atom. The van der Waals surface area contributed by atoms with Crippen LogP contribution >= 0.6 is 11.3 Å². The zero-order chi connectivity index (χ0) is 23.7. The summed E-state index contributed by atoms with van der Waals surface area (Å²) in [5, 5.41) is 2.55.